The molecular formula is C24H26N2O3. The van der Waals surface area contributed by atoms with Gasteiger partial charge in [-0.1, -0.05) is 48.0 Å². The van der Waals surface area contributed by atoms with Crippen molar-refractivity contribution in [1.29, 1.82) is 0 Å². The minimum absolute atomic E-state index is 0.0314. The first-order valence-corrected chi connectivity index (χ1v) is 10.5. The Morgan fingerprint density at radius 2 is 1.69 bits per heavy atom. The quantitative estimate of drug-likeness (QED) is 0.786. The highest BCUT2D eigenvalue weighted by molar-refractivity contribution is 5.95. The molecule has 0 aliphatic carbocycles. The summed E-state index contributed by atoms with van der Waals surface area (Å²) in [5.41, 5.74) is 2.34. The van der Waals surface area contributed by atoms with Gasteiger partial charge in [-0.05, 0) is 37.5 Å². The number of carbonyl (C=O) groups excluding carboxylic acids is 2. The number of benzene rings is 2. The van der Waals surface area contributed by atoms with Crippen molar-refractivity contribution in [1.82, 2.24) is 9.80 Å². The number of hydrogen-bond acceptors (Lipinski definition) is 3. The van der Waals surface area contributed by atoms with Crippen LogP contribution in [0.1, 0.15) is 53.2 Å². The largest absolute Gasteiger partial charge is 0.342 e. The van der Waals surface area contributed by atoms with Crippen molar-refractivity contribution in [2.24, 2.45) is 0 Å². The molecule has 2 amide bonds. The first-order valence-electron chi connectivity index (χ1n) is 10.5. The Morgan fingerprint density at radius 1 is 1.00 bits per heavy atom. The van der Waals surface area contributed by atoms with E-state index in [0.29, 0.717) is 31.5 Å². The molecule has 2 aromatic carbocycles. The summed E-state index contributed by atoms with van der Waals surface area (Å²) >= 11 is 0. The zero-order chi connectivity index (χ0) is 20.0. The zero-order valence-electron chi connectivity index (χ0n) is 16.7. The molecule has 5 rings (SSSR count). The molecule has 3 saturated heterocycles. The molecule has 0 aromatic heterocycles. The SMILES string of the molecule is Cc1ccc([C@@H]2CC[C@H]3OC4(CCN(C(=O)c5ccccc5)CC4)C(=O)N32)cc1. The number of aryl methyl sites for hydroxylation is 1. The number of hydrogen-bond donors (Lipinski definition) is 0. The highest BCUT2D eigenvalue weighted by Crippen LogP contribution is 2.47. The predicted octanol–water partition coefficient (Wildman–Crippen LogP) is 3.69. The highest BCUT2D eigenvalue weighted by atomic mass is 16.6. The number of amides is 2. The summed E-state index contributed by atoms with van der Waals surface area (Å²) in [6.45, 7) is 3.18. The Hall–Kier alpha value is -2.66. The van der Waals surface area contributed by atoms with Crippen LogP contribution in [0.2, 0.25) is 0 Å². The molecule has 5 nitrogen and oxygen atoms in total. The van der Waals surface area contributed by atoms with Crippen LogP contribution in [0.5, 0.6) is 0 Å². The Morgan fingerprint density at radius 3 is 2.38 bits per heavy atom. The number of likely N-dealkylation sites (tertiary alicyclic amines) is 1. The van der Waals surface area contributed by atoms with Crippen LogP contribution in [-0.4, -0.2) is 46.5 Å². The maximum atomic E-state index is 13.5. The topological polar surface area (TPSA) is 49.9 Å². The van der Waals surface area contributed by atoms with Crippen molar-refractivity contribution in [2.45, 2.75) is 50.5 Å². The maximum absolute atomic E-state index is 13.5. The summed E-state index contributed by atoms with van der Waals surface area (Å²) in [6, 6.07) is 17.9. The fourth-order valence-corrected chi connectivity index (χ4v) is 5.00. The molecule has 2 aromatic rings. The molecule has 0 radical (unpaired) electrons. The molecule has 5 heteroatoms. The van der Waals surface area contributed by atoms with E-state index in [-0.39, 0.29) is 24.1 Å². The third-order valence-electron chi connectivity index (χ3n) is 6.66. The number of ether oxygens (including phenoxy) is 1. The highest BCUT2D eigenvalue weighted by Gasteiger charge is 2.58. The van der Waals surface area contributed by atoms with Crippen LogP contribution >= 0.6 is 0 Å². The molecule has 3 heterocycles. The van der Waals surface area contributed by atoms with Crippen LogP contribution in [0.3, 0.4) is 0 Å². The lowest BCUT2D eigenvalue weighted by molar-refractivity contribution is -0.142. The van der Waals surface area contributed by atoms with E-state index >= 15 is 0 Å². The Labute approximate surface area is 171 Å². The van der Waals surface area contributed by atoms with Crippen molar-refractivity contribution in [2.75, 3.05) is 13.1 Å². The van der Waals surface area contributed by atoms with E-state index in [2.05, 4.69) is 31.2 Å². The van der Waals surface area contributed by atoms with Gasteiger partial charge in [-0.2, -0.15) is 0 Å². The predicted molar refractivity (Wildman–Crippen MR) is 109 cm³/mol. The Bertz CT molecular complexity index is 917. The first-order chi connectivity index (χ1) is 14.1. The van der Waals surface area contributed by atoms with E-state index in [4.69, 9.17) is 4.74 Å². The zero-order valence-corrected chi connectivity index (χ0v) is 16.7. The van der Waals surface area contributed by atoms with Gasteiger partial charge in [-0.3, -0.25) is 9.59 Å². The molecule has 1 spiro atoms. The van der Waals surface area contributed by atoms with E-state index in [1.165, 1.54) is 11.1 Å². The molecule has 0 saturated carbocycles. The average molecular weight is 390 g/mol. The van der Waals surface area contributed by atoms with E-state index < -0.39 is 5.60 Å². The van der Waals surface area contributed by atoms with Gasteiger partial charge in [0.25, 0.3) is 11.8 Å². The minimum Gasteiger partial charge on any atom is -0.342 e. The van der Waals surface area contributed by atoms with Crippen LogP contribution in [0, 0.1) is 6.92 Å². The van der Waals surface area contributed by atoms with Crippen LogP contribution < -0.4 is 0 Å². The van der Waals surface area contributed by atoms with Gasteiger partial charge >= 0.3 is 0 Å². The second kappa shape index (κ2) is 6.99. The normalized spacial score (nSPS) is 25.5. The lowest BCUT2D eigenvalue weighted by Crippen LogP contribution is -2.51. The molecule has 2 atom stereocenters. The van der Waals surface area contributed by atoms with E-state index in [9.17, 15) is 9.59 Å². The van der Waals surface area contributed by atoms with Crippen molar-refractivity contribution >= 4 is 11.8 Å². The third kappa shape index (κ3) is 3.04. The van der Waals surface area contributed by atoms with E-state index in [1.54, 1.807) is 0 Å². The fraction of sp³-hybridized carbons (Fsp3) is 0.417. The van der Waals surface area contributed by atoms with Crippen molar-refractivity contribution in [3.8, 4) is 0 Å². The second-order valence-electron chi connectivity index (χ2n) is 8.44. The minimum atomic E-state index is -0.762. The van der Waals surface area contributed by atoms with Crippen LogP contribution in [0.4, 0.5) is 0 Å². The molecule has 29 heavy (non-hydrogen) atoms. The second-order valence-corrected chi connectivity index (χ2v) is 8.44. The lowest BCUT2D eigenvalue weighted by atomic mass is 9.89. The van der Waals surface area contributed by atoms with Gasteiger partial charge in [0.2, 0.25) is 0 Å². The number of piperidine rings is 1. The van der Waals surface area contributed by atoms with Crippen LogP contribution in [-0.2, 0) is 9.53 Å². The lowest BCUT2D eigenvalue weighted by Gasteiger charge is -2.37. The standard InChI is InChI=1S/C24H26N2O3/c1-17-7-9-18(10-8-17)20-11-12-21-26(20)23(28)24(29-21)13-15-25(16-14-24)22(27)19-5-3-2-4-6-19/h2-10,20-21H,11-16H2,1H3/t20-,21+/m0/s1. The number of fused-ring (bicyclic) bond motifs is 1. The summed E-state index contributed by atoms with van der Waals surface area (Å²) in [5.74, 6) is 0.140. The maximum Gasteiger partial charge on any atom is 0.257 e. The van der Waals surface area contributed by atoms with Crippen LogP contribution in [0.25, 0.3) is 0 Å². The van der Waals surface area contributed by atoms with Gasteiger partial charge in [0.15, 0.2) is 5.60 Å². The number of carbonyl (C=O) groups is 2. The van der Waals surface area contributed by atoms with Gasteiger partial charge in [0, 0.05) is 31.5 Å². The summed E-state index contributed by atoms with van der Waals surface area (Å²) in [6.07, 6.45) is 2.81. The third-order valence-corrected chi connectivity index (χ3v) is 6.66. The molecular weight excluding hydrogens is 364 g/mol. The van der Waals surface area contributed by atoms with Crippen molar-refractivity contribution in [3.63, 3.8) is 0 Å². The molecule has 0 N–H and O–H groups in total. The van der Waals surface area contributed by atoms with Gasteiger partial charge in [-0.25, -0.2) is 0 Å². The van der Waals surface area contributed by atoms with E-state index in [0.717, 1.165) is 12.8 Å². The van der Waals surface area contributed by atoms with Gasteiger partial charge in [0.1, 0.15) is 6.23 Å². The summed E-state index contributed by atoms with van der Waals surface area (Å²) in [7, 11) is 0. The average Bonchev–Trinajstić information content (AvgIpc) is 3.28. The summed E-state index contributed by atoms with van der Waals surface area (Å²) < 4.78 is 6.37. The summed E-state index contributed by atoms with van der Waals surface area (Å²) in [5, 5.41) is 0. The Kier molecular flexibility index (Phi) is 4.43. The number of nitrogens with zero attached hydrogens (tertiary/aromatic N) is 2. The van der Waals surface area contributed by atoms with Crippen molar-refractivity contribution < 1.29 is 14.3 Å². The van der Waals surface area contributed by atoms with Gasteiger partial charge < -0.3 is 14.5 Å². The first kappa shape index (κ1) is 18.4. The van der Waals surface area contributed by atoms with Gasteiger partial charge in [0.05, 0.1) is 6.04 Å². The molecule has 3 aliphatic rings. The molecule has 3 aliphatic heterocycles. The monoisotopic (exact) mass is 390 g/mol. The summed E-state index contributed by atoms with van der Waals surface area (Å²) in [4.78, 5) is 30.0. The van der Waals surface area contributed by atoms with Crippen LogP contribution in [0.15, 0.2) is 54.6 Å². The molecule has 150 valence electrons. The van der Waals surface area contributed by atoms with E-state index in [1.807, 2.05) is 40.1 Å². The molecule has 3 fully saturated rings. The number of rotatable bonds is 2. The molecule has 0 bridgehead atoms. The Balaban J connectivity index is 1.30. The van der Waals surface area contributed by atoms with Crippen molar-refractivity contribution in [3.05, 3.63) is 71.3 Å². The smallest absolute Gasteiger partial charge is 0.257 e. The van der Waals surface area contributed by atoms with Gasteiger partial charge in [-0.15, -0.1) is 0 Å². The fourth-order valence-electron chi connectivity index (χ4n) is 5.00. The molecule has 0 unspecified atom stereocenters.